The van der Waals surface area contributed by atoms with Crippen LogP contribution in [0.5, 0.6) is 5.88 Å². The maximum atomic E-state index is 5.67. The Morgan fingerprint density at radius 2 is 2.23 bits per heavy atom. The average Bonchev–Trinajstić information content (AvgIpc) is 2.46. The SMILES string of the molecule is COc1nc(Cl)nc2cnn(C)c12. The summed E-state index contributed by atoms with van der Waals surface area (Å²) in [5.41, 5.74) is 1.42. The number of aromatic nitrogens is 4. The molecule has 5 nitrogen and oxygen atoms in total. The van der Waals surface area contributed by atoms with Gasteiger partial charge in [0, 0.05) is 7.05 Å². The molecule has 0 radical (unpaired) electrons. The van der Waals surface area contributed by atoms with Crippen molar-refractivity contribution in [2.45, 2.75) is 0 Å². The summed E-state index contributed by atoms with van der Waals surface area (Å²) < 4.78 is 6.69. The molecule has 0 amide bonds. The molecule has 0 atom stereocenters. The summed E-state index contributed by atoms with van der Waals surface area (Å²) in [7, 11) is 3.33. The van der Waals surface area contributed by atoms with E-state index in [4.69, 9.17) is 16.3 Å². The quantitative estimate of drug-likeness (QED) is 0.643. The Kier molecular flexibility index (Phi) is 1.81. The Labute approximate surface area is 79.3 Å². The van der Waals surface area contributed by atoms with Crippen LogP contribution in [-0.4, -0.2) is 26.9 Å². The molecule has 0 aliphatic carbocycles. The largest absolute Gasteiger partial charge is 0.479 e. The van der Waals surface area contributed by atoms with Crippen molar-refractivity contribution >= 4 is 22.6 Å². The molecule has 2 rings (SSSR count). The van der Waals surface area contributed by atoms with E-state index in [1.165, 1.54) is 7.11 Å². The summed E-state index contributed by atoms with van der Waals surface area (Å²) in [5, 5.41) is 4.19. The van der Waals surface area contributed by atoms with Crippen LogP contribution in [0.3, 0.4) is 0 Å². The maximum absolute atomic E-state index is 5.67. The van der Waals surface area contributed by atoms with Gasteiger partial charge in [-0.3, -0.25) is 4.68 Å². The van der Waals surface area contributed by atoms with Crippen LogP contribution >= 0.6 is 11.6 Å². The third-order valence-electron chi connectivity index (χ3n) is 1.72. The van der Waals surface area contributed by atoms with E-state index in [-0.39, 0.29) is 5.28 Å². The van der Waals surface area contributed by atoms with E-state index in [1.54, 1.807) is 17.9 Å². The Morgan fingerprint density at radius 3 is 2.92 bits per heavy atom. The van der Waals surface area contributed by atoms with Gasteiger partial charge in [0.2, 0.25) is 11.2 Å². The van der Waals surface area contributed by atoms with E-state index in [0.29, 0.717) is 11.4 Å². The Bertz CT molecular complexity index is 453. The fourth-order valence-electron chi connectivity index (χ4n) is 1.16. The number of hydrogen-bond donors (Lipinski definition) is 0. The van der Waals surface area contributed by atoms with Gasteiger partial charge in [0.1, 0.15) is 11.0 Å². The van der Waals surface area contributed by atoms with E-state index in [2.05, 4.69) is 15.1 Å². The van der Waals surface area contributed by atoms with Gasteiger partial charge in [-0.2, -0.15) is 10.1 Å². The summed E-state index contributed by atoms with van der Waals surface area (Å²) in [4.78, 5) is 7.92. The number of halogens is 1. The van der Waals surface area contributed by atoms with Gasteiger partial charge in [0.05, 0.1) is 13.3 Å². The van der Waals surface area contributed by atoms with Crippen molar-refractivity contribution in [1.82, 2.24) is 19.7 Å². The van der Waals surface area contributed by atoms with Gasteiger partial charge in [0.15, 0.2) is 0 Å². The monoisotopic (exact) mass is 198 g/mol. The van der Waals surface area contributed by atoms with Crippen LogP contribution in [0, 0.1) is 0 Å². The van der Waals surface area contributed by atoms with Gasteiger partial charge in [-0.1, -0.05) is 0 Å². The van der Waals surface area contributed by atoms with Crippen molar-refractivity contribution in [3.8, 4) is 5.88 Å². The summed E-state index contributed by atoms with van der Waals surface area (Å²) in [6.45, 7) is 0. The van der Waals surface area contributed by atoms with Crippen molar-refractivity contribution in [2.75, 3.05) is 7.11 Å². The summed E-state index contributed by atoms with van der Waals surface area (Å²) in [5.74, 6) is 0.440. The number of rotatable bonds is 1. The zero-order valence-corrected chi connectivity index (χ0v) is 7.91. The molecule has 2 aromatic heterocycles. The van der Waals surface area contributed by atoms with Gasteiger partial charge in [-0.05, 0) is 11.6 Å². The molecule has 68 valence electrons. The van der Waals surface area contributed by atoms with Crippen molar-refractivity contribution in [3.63, 3.8) is 0 Å². The first-order chi connectivity index (χ1) is 6.22. The fourth-order valence-corrected chi connectivity index (χ4v) is 1.33. The van der Waals surface area contributed by atoms with Crippen LogP contribution in [0.4, 0.5) is 0 Å². The topological polar surface area (TPSA) is 52.8 Å². The van der Waals surface area contributed by atoms with E-state index in [9.17, 15) is 0 Å². The highest BCUT2D eigenvalue weighted by Crippen LogP contribution is 2.22. The van der Waals surface area contributed by atoms with Gasteiger partial charge < -0.3 is 4.74 Å². The molecule has 2 aromatic rings. The van der Waals surface area contributed by atoms with Crippen LogP contribution < -0.4 is 4.74 Å². The number of hydrogen-bond acceptors (Lipinski definition) is 4. The van der Waals surface area contributed by atoms with Crippen LogP contribution in [-0.2, 0) is 7.05 Å². The lowest BCUT2D eigenvalue weighted by molar-refractivity contribution is 0.400. The predicted octanol–water partition coefficient (Wildman–Crippen LogP) is 1.03. The van der Waals surface area contributed by atoms with E-state index < -0.39 is 0 Å². The zero-order valence-electron chi connectivity index (χ0n) is 7.15. The normalized spacial score (nSPS) is 10.7. The van der Waals surface area contributed by atoms with Crippen molar-refractivity contribution < 1.29 is 4.74 Å². The molecule has 2 heterocycles. The Balaban J connectivity index is 2.85. The van der Waals surface area contributed by atoms with E-state index in [0.717, 1.165) is 5.52 Å². The minimum Gasteiger partial charge on any atom is -0.479 e. The number of nitrogens with zero attached hydrogens (tertiary/aromatic N) is 4. The molecule has 0 saturated carbocycles. The minimum absolute atomic E-state index is 0.164. The second-order valence-corrected chi connectivity index (χ2v) is 2.84. The zero-order chi connectivity index (χ0) is 9.42. The van der Waals surface area contributed by atoms with Crippen LogP contribution in [0.25, 0.3) is 11.0 Å². The van der Waals surface area contributed by atoms with Crippen LogP contribution in [0.2, 0.25) is 5.28 Å². The predicted molar refractivity (Wildman–Crippen MR) is 47.9 cm³/mol. The first-order valence-corrected chi connectivity index (χ1v) is 3.99. The molecule has 0 aliphatic heterocycles. The summed E-state index contributed by atoms with van der Waals surface area (Å²) >= 11 is 5.67. The molecule has 0 N–H and O–H groups in total. The molecule has 6 heteroatoms. The second kappa shape index (κ2) is 2.85. The number of aryl methyl sites for hydroxylation is 1. The second-order valence-electron chi connectivity index (χ2n) is 2.50. The minimum atomic E-state index is 0.164. The number of fused-ring (bicyclic) bond motifs is 1. The van der Waals surface area contributed by atoms with Crippen molar-refractivity contribution in [2.24, 2.45) is 7.05 Å². The molecule has 0 fully saturated rings. The lowest BCUT2D eigenvalue weighted by Gasteiger charge is -2.01. The number of methoxy groups -OCH3 is 1. The van der Waals surface area contributed by atoms with E-state index >= 15 is 0 Å². The highest BCUT2D eigenvalue weighted by molar-refractivity contribution is 6.28. The first-order valence-electron chi connectivity index (χ1n) is 3.61. The molecule has 0 saturated heterocycles. The third-order valence-corrected chi connectivity index (χ3v) is 1.89. The first kappa shape index (κ1) is 8.25. The molecular weight excluding hydrogens is 192 g/mol. The van der Waals surface area contributed by atoms with Gasteiger partial charge in [-0.15, -0.1) is 0 Å². The molecule has 0 unspecified atom stereocenters. The van der Waals surface area contributed by atoms with Gasteiger partial charge in [0.25, 0.3) is 0 Å². The molecule has 0 bridgehead atoms. The van der Waals surface area contributed by atoms with Crippen LogP contribution in [0.1, 0.15) is 0 Å². The Morgan fingerprint density at radius 1 is 1.46 bits per heavy atom. The third kappa shape index (κ3) is 1.21. The van der Waals surface area contributed by atoms with E-state index in [1.807, 2.05) is 0 Å². The fraction of sp³-hybridized carbons (Fsp3) is 0.286. The molecule has 0 aromatic carbocycles. The lowest BCUT2D eigenvalue weighted by atomic mass is 10.4. The van der Waals surface area contributed by atoms with Gasteiger partial charge in [-0.25, -0.2) is 4.98 Å². The lowest BCUT2D eigenvalue weighted by Crippen LogP contribution is -1.96. The summed E-state index contributed by atoms with van der Waals surface area (Å²) in [6, 6.07) is 0. The van der Waals surface area contributed by atoms with Gasteiger partial charge >= 0.3 is 0 Å². The number of ether oxygens (including phenoxy) is 1. The highest BCUT2D eigenvalue weighted by atomic mass is 35.5. The smallest absolute Gasteiger partial charge is 0.244 e. The Hall–Kier alpha value is -1.36. The summed E-state index contributed by atoms with van der Waals surface area (Å²) in [6.07, 6.45) is 1.62. The van der Waals surface area contributed by atoms with Crippen molar-refractivity contribution in [1.29, 1.82) is 0 Å². The molecule has 13 heavy (non-hydrogen) atoms. The average molecular weight is 199 g/mol. The van der Waals surface area contributed by atoms with Crippen LogP contribution in [0.15, 0.2) is 6.20 Å². The molecular formula is C7H7ClN4O. The van der Waals surface area contributed by atoms with Crippen molar-refractivity contribution in [3.05, 3.63) is 11.5 Å². The standard InChI is InChI=1S/C7H7ClN4O/c1-12-5-4(3-9-12)10-7(8)11-6(5)13-2/h3H,1-2H3. The molecule has 0 aliphatic rings. The molecule has 0 spiro atoms. The highest BCUT2D eigenvalue weighted by Gasteiger charge is 2.10. The maximum Gasteiger partial charge on any atom is 0.244 e.